The molecule has 160 valence electrons. The Kier molecular flexibility index (Phi) is 7.07. The molecule has 0 saturated heterocycles. The molecule has 29 heavy (non-hydrogen) atoms. The lowest BCUT2D eigenvalue weighted by atomic mass is 9.98. The fraction of sp³-hybridized carbons (Fsp3) is 0.550. The highest BCUT2D eigenvalue weighted by atomic mass is 32.2. The van der Waals surface area contributed by atoms with Gasteiger partial charge in [-0.25, -0.2) is 8.42 Å². The first-order chi connectivity index (χ1) is 13.9. The second-order valence-corrected chi connectivity index (χ2v) is 9.50. The molecule has 2 atom stereocenters. The van der Waals surface area contributed by atoms with E-state index in [0.29, 0.717) is 19.7 Å². The van der Waals surface area contributed by atoms with E-state index in [2.05, 4.69) is 0 Å². The number of carbonyl (C=O) groups excluding carboxylic acids is 1. The minimum absolute atomic E-state index is 0.140. The van der Waals surface area contributed by atoms with Crippen molar-refractivity contribution in [3.8, 4) is 0 Å². The van der Waals surface area contributed by atoms with Crippen LogP contribution in [0.25, 0.3) is 0 Å². The van der Waals surface area contributed by atoms with Crippen molar-refractivity contribution in [3.63, 3.8) is 0 Å². The molecule has 0 bridgehead atoms. The number of benzene rings is 1. The molecule has 1 N–H and O–H groups in total. The third kappa shape index (κ3) is 4.70. The van der Waals surface area contributed by atoms with Gasteiger partial charge in [0.05, 0.1) is 25.7 Å². The van der Waals surface area contributed by atoms with E-state index in [1.54, 1.807) is 4.90 Å². The van der Waals surface area contributed by atoms with E-state index in [0.717, 1.165) is 16.7 Å². The zero-order valence-electron chi connectivity index (χ0n) is 16.8. The molecule has 8 nitrogen and oxygen atoms in total. The molecule has 2 aliphatic rings. The first-order valence-corrected chi connectivity index (χ1v) is 11.1. The number of rotatable bonds is 9. The van der Waals surface area contributed by atoms with Crippen LogP contribution in [-0.2, 0) is 24.3 Å². The fourth-order valence-electron chi connectivity index (χ4n) is 3.71. The number of ether oxygens (including phenoxy) is 2. The zero-order chi connectivity index (χ0) is 21.0. The van der Waals surface area contributed by atoms with Crippen LogP contribution in [0.5, 0.6) is 0 Å². The molecular formula is C20H28N2O6S. The van der Waals surface area contributed by atoms with Crippen molar-refractivity contribution in [2.24, 2.45) is 0 Å². The predicted molar refractivity (Wildman–Crippen MR) is 108 cm³/mol. The Labute approximate surface area is 171 Å². The molecule has 2 aliphatic heterocycles. The number of methoxy groups -OCH3 is 1. The Morgan fingerprint density at radius 3 is 2.28 bits per heavy atom. The maximum Gasteiger partial charge on any atom is 0.241 e. The van der Waals surface area contributed by atoms with E-state index in [1.165, 1.54) is 18.3 Å². The number of aliphatic hydroxyl groups is 1. The maximum atomic E-state index is 12.9. The summed E-state index contributed by atoms with van der Waals surface area (Å²) in [5.74, 6) is -0.746. The summed E-state index contributed by atoms with van der Waals surface area (Å²) in [5.41, 5.74) is 1.73. The molecule has 1 aromatic rings. The summed E-state index contributed by atoms with van der Waals surface area (Å²) in [4.78, 5) is 14.6. The van der Waals surface area contributed by atoms with Gasteiger partial charge in [-0.15, -0.1) is 0 Å². The smallest absolute Gasteiger partial charge is 0.241 e. The molecule has 1 amide bonds. The summed E-state index contributed by atoms with van der Waals surface area (Å²) in [6.45, 7) is 3.13. The van der Waals surface area contributed by atoms with Crippen LogP contribution in [-0.4, -0.2) is 87.2 Å². The molecule has 0 saturated carbocycles. The summed E-state index contributed by atoms with van der Waals surface area (Å²) < 4.78 is 37.1. The summed E-state index contributed by atoms with van der Waals surface area (Å²) in [6, 6.07) is 9.20. The van der Waals surface area contributed by atoms with E-state index in [9.17, 15) is 18.3 Å². The Morgan fingerprint density at radius 2 is 1.72 bits per heavy atom. The van der Waals surface area contributed by atoms with Crippen LogP contribution in [0.4, 0.5) is 0 Å². The first-order valence-electron chi connectivity index (χ1n) is 9.62. The van der Waals surface area contributed by atoms with Gasteiger partial charge in [-0.3, -0.25) is 4.79 Å². The Morgan fingerprint density at radius 1 is 1.10 bits per heavy atom. The summed E-state index contributed by atoms with van der Waals surface area (Å²) in [5, 5.41) is 9.74. The van der Waals surface area contributed by atoms with E-state index in [1.807, 2.05) is 30.3 Å². The number of sulfonamides is 1. The first kappa shape index (κ1) is 21.9. The van der Waals surface area contributed by atoms with Gasteiger partial charge in [0.1, 0.15) is 0 Å². The van der Waals surface area contributed by atoms with Crippen molar-refractivity contribution in [2.75, 3.05) is 53.1 Å². The average Bonchev–Trinajstić information content (AvgIpc) is 3.29. The van der Waals surface area contributed by atoms with Gasteiger partial charge < -0.3 is 19.5 Å². The molecule has 0 aromatic heterocycles. The molecule has 9 heteroatoms. The maximum absolute atomic E-state index is 12.9. The molecule has 0 fully saturated rings. The quantitative estimate of drug-likeness (QED) is 0.460. The number of hydrogen-bond acceptors (Lipinski definition) is 6. The third-order valence-corrected chi connectivity index (χ3v) is 7.36. The van der Waals surface area contributed by atoms with Crippen molar-refractivity contribution in [3.05, 3.63) is 47.0 Å². The highest BCUT2D eigenvalue weighted by Crippen LogP contribution is 2.31. The summed E-state index contributed by atoms with van der Waals surface area (Å²) in [6.07, 6.45) is 0. The fourth-order valence-corrected chi connectivity index (χ4v) is 5.07. The van der Waals surface area contributed by atoms with Gasteiger partial charge in [-0.05, 0) is 23.6 Å². The van der Waals surface area contributed by atoms with Gasteiger partial charge >= 0.3 is 0 Å². The summed E-state index contributed by atoms with van der Waals surface area (Å²) >= 11 is 0. The van der Waals surface area contributed by atoms with Crippen molar-refractivity contribution < 1.29 is 27.8 Å². The highest BCUT2D eigenvalue weighted by Gasteiger charge is 2.40. The monoisotopic (exact) mass is 424 g/mol. The zero-order valence-corrected chi connectivity index (χ0v) is 17.6. The lowest BCUT2D eigenvalue weighted by Gasteiger charge is -2.27. The molecule has 2 unspecified atom stereocenters. The molecular weight excluding hydrogens is 396 g/mol. The molecule has 0 radical (unpaired) electrons. The van der Waals surface area contributed by atoms with Crippen LogP contribution in [0.3, 0.4) is 0 Å². The van der Waals surface area contributed by atoms with Crippen LogP contribution < -0.4 is 0 Å². The third-order valence-electron chi connectivity index (χ3n) is 5.41. The average molecular weight is 425 g/mol. The number of hydrogen-bond donors (Lipinski definition) is 1. The molecule has 2 heterocycles. The normalized spacial score (nSPS) is 19.5. The standard InChI is InChI=1S/C20H28N2O6S/c1-15(28-9-8-27-2)29(25,26)22-12-17-10-21(11-18(17)13-22)20(24)19(14-23)16-6-4-3-5-7-16/h3-7,15,19,23H,8-14H2,1-2H3. The number of aliphatic hydroxyl groups excluding tert-OH is 1. The van der Waals surface area contributed by atoms with Gasteiger partial charge in [0.15, 0.2) is 5.44 Å². The lowest BCUT2D eigenvalue weighted by Crippen LogP contribution is -2.42. The van der Waals surface area contributed by atoms with Gasteiger partial charge in [0.2, 0.25) is 15.9 Å². The van der Waals surface area contributed by atoms with Gasteiger partial charge in [-0.2, -0.15) is 4.31 Å². The minimum atomic E-state index is -3.59. The van der Waals surface area contributed by atoms with Crippen LogP contribution in [0.1, 0.15) is 18.4 Å². The predicted octanol–water partition coefficient (Wildman–Crippen LogP) is 0.556. The van der Waals surface area contributed by atoms with Crippen LogP contribution >= 0.6 is 0 Å². The summed E-state index contributed by atoms with van der Waals surface area (Å²) in [7, 11) is -2.06. The molecule has 0 aliphatic carbocycles. The van der Waals surface area contributed by atoms with Gasteiger partial charge in [0.25, 0.3) is 0 Å². The molecule has 3 rings (SSSR count). The number of nitrogens with zero attached hydrogens (tertiary/aromatic N) is 2. The second-order valence-electron chi connectivity index (χ2n) is 7.29. The SMILES string of the molecule is COCCOC(C)S(=O)(=O)N1CC2=C(CN(C(=O)C(CO)c3ccccc3)C2)C1. The highest BCUT2D eigenvalue weighted by molar-refractivity contribution is 7.89. The van der Waals surface area contributed by atoms with Gasteiger partial charge in [0, 0.05) is 33.3 Å². The molecule has 0 spiro atoms. The van der Waals surface area contributed by atoms with Crippen molar-refractivity contribution in [1.29, 1.82) is 0 Å². The largest absolute Gasteiger partial charge is 0.395 e. The second kappa shape index (κ2) is 9.36. The van der Waals surface area contributed by atoms with Crippen LogP contribution in [0.15, 0.2) is 41.5 Å². The van der Waals surface area contributed by atoms with Crippen LogP contribution in [0.2, 0.25) is 0 Å². The van der Waals surface area contributed by atoms with Gasteiger partial charge in [-0.1, -0.05) is 30.3 Å². The van der Waals surface area contributed by atoms with Crippen LogP contribution in [0, 0.1) is 0 Å². The Hall–Kier alpha value is -1.78. The topological polar surface area (TPSA) is 96.4 Å². The Bertz CT molecular complexity index is 837. The number of carbonyl (C=O) groups is 1. The van der Waals surface area contributed by atoms with Crippen molar-refractivity contribution in [1.82, 2.24) is 9.21 Å². The molecule has 1 aromatic carbocycles. The minimum Gasteiger partial charge on any atom is -0.395 e. The van der Waals surface area contributed by atoms with E-state index >= 15 is 0 Å². The van der Waals surface area contributed by atoms with Crippen molar-refractivity contribution >= 4 is 15.9 Å². The van der Waals surface area contributed by atoms with E-state index in [4.69, 9.17) is 9.47 Å². The lowest BCUT2D eigenvalue weighted by molar-refractivity contribution is -0.132. The number of amides is 1. The van der Waals surface area contributed by atoms with E-state index in [-0.39, 0.29) is 32.2 Å². The van der Waals surface area contributed by atoms with E-state index < -0.39 is 21.4 Å². The Balaban J connectivity index is 1.59. The van der Waals surface area contributed by atoms with Crippen molar-refractivity contribution in [2.45, 2.75) is 18.3 Å².